The maximum absolute atomic E-state index is 13.4. The summed E-state index contributed by atoms with van der Waals surface area (Å²) in [5.74, 6) is 1.02. The summed E-state index contributed by atoms with van der Waals surface area (Å²) in [7, 11) is 5.77. The van der Waals surface area contributed by atoms with E-state index in [0.29, 0.717) is 11.5 Å². The number of likely N-dealkylation sites (N-methyl/N-ethyl adjacent to an activating group) is 1. The number of methoxy groups -OCH3 is 1. The lowest BCUT2D eigenvalue weighted by Crippen LogP contribution is -2.52. The fourth-order valence-electron chi connectivity index (χ4n) is 5.00. The summed E-state index contributed by atoms with van der Waals surface area (Å²) in [5.41, 5.74) is 1.15. The van der Waals surface area contributed by atoms with Gasteiger partial charge in [0.05, 0.1) is 17.6 Å². The highest BCUT2D eigenvalue weighted by Crippen LogP contribution is 2.36. The van der Waals surface area contributed by atoms with Gasteiger partial charge in [0.15, 0.2) is 0 Å². The van der Waals surface area contributed by atoms with Gasteiger partial charge in [-0.05, 0) is 94.2 Å². The Kier molecular flexibility index (Phi) is 8.54. The van der Waals surface area contributed by atoms with E-state index < -0.39 is 10.8 Å². The van der Waals surface area contributed by atoms with E-state index in [9.17, 15) is 14.9 Å². The largest absolute Gasteiger partial charge is 0.497 e. The molecule has 3 aromatic carbocycles. The first-order valence-corrected chi connectivity index (χ1v) is 12.9. The number of nitrogens with zero attached hydrogens (tertiary/aromatic N) is 2. The third-order valence-corrected chi connectivity index (χ3v) is 7.60. The van der Waals surface area contributed by atoms with Crippen molar-refractivity contribution in [2.75, 3.05) is 21.2 Å². The van der Waals surface area contributed by atoms with E-state index in [1.165, 1.54) is 23.8 Å². The van der Waals surface area contributed by atoms with Crippen molar-refractivity contribution < 1.29 is 19.2 Å². The van der Waals surface area contributed by atoms with E-state index in [2.05, 4.69) is 36.4 Å². The second-order valence-corrected chi connectivity index (χ2v) is 10.3. The predicted molar refractivity (Wildman–Crippen MR) is 147 cm³/mol. The molecule has 8 nitrogen and oxygen atoms in total. The highest BCUT2D eigenvalue weighted by atomic mass is 35.5. The van der Waals surface area contributed by atoms with Crippen molar-refractivity contribution in [2.24, 2.45) is 0 Å². The van der Waals surface area contributed by atoms with E-state index in [1.807, 2.05) is 12.1 Å². The summed E-state index contributed by atoms with van der Waals surface area (Å²) < 4.78 is 11.1. The van der Waals surface area contributed by atoms with Gasteiger partial charge in [0.25, 0.3) is 11.6 Å². The quantitative estimate of drug-likeness (QED) is 0.255. The van der Waals surface area contributed by atoms with Crippen LogP contribution in [0.2, 0.25) is 5.02 Å². The monoisotopic (exact) mass is 537 g/mol. The highest BCUT2D eigenvalue weighted by Gasteiger charge is 2.38. The lowest BCUT2D eigenvalue weighted by atomic mass is 9.74. The molecule has 200 valence electrons. The number of carbonyl (C=O) groups excluding carboxylic acids is 1. The number of hydrogen-bond donors (Lipinski definition) is 1. The van der Waals surface area contributed by atoms with Crippen LogP contribution in [0.25, 0.3) is 0 Å². The van der Waals surface area contributed by atoms with Crippen molar-refractivity contribution in [3.05, 3.63) is 93.0 Å². The Morgan fingerprint density at radius 1 is 1.05 bits per heavy atom. The SMILES string of the molecule is COc1ccc(Oc2ccc([N+](=O)[O-])cc2C(=O)NC2CCC(Cc3ccc(Cl)cc3)(N(C)C)CC2)cc1. The molecular weight excluding hydrogens is 506 g/mol. The zero-order valence-electron chi connectivity index (χ0n) is 21.8. The van der Waals surface area contributed by atoms with Crippen LogP contribution in [0.4, 0.5) is 5.69 Å². The smallest absolute Gasteiger partial charge is 0.270 e. The first-order valence-electron chi connectivity index (χ1n) is 12.5. The third kappa shape index (κ3) is 6.44. The molecule has 1 N–H and O–H groups in total. The van der Waals surface area contributed by atoms with Crippen LogP contribution in [-0.4, -0.2) is 48.5 Å². The molecule has 38 heavy (non-hydrogen) atoms. The Bertz CT molecular complexity index is 1270. The summed E-state index contributed by atoms with van der Waals surface area (Å²) >= 11 is 6.06. The van der Waals surface area contributed by atoms with Gasteiger partial charge in [-0.3, -0.25) is 14.9 Å². The first-order chi connectivity index (χ1) is 18.2. The van der Waals surface area contributed by atoms with E-state index in [4.69, 9.17) is 21.1 Å². The lowest BCUT2D eigenvalue weighted by molar-refractivity contribution is -0.384. The van der Waals surface area contributed by atoms with Gasteiger partial charge in [-0.2, -0.15) is 0 Å². The van der Waals surface area contributed by atoms with Gasteiger partial charge < -0.3 is 19.7 Å². The second kappa shape index (κ2) is 11.8. The van der Waals surface area contributed by atoms with Crippen LogP contribution in [0.3, 0.4) is 0 Å². The molecule has 1 amide bonds. The van der Waals surface area contributed by atoms with Crippen LogP contribution in [0.15, 0.2) is 66.7 Å². The number of benzene rings is 3. The normalized spacial score (nSPS) is 19.1. The number of hydrogen-bond acceptors (Lipinski definition) is 6. The minimum absolute atomic E-state index is 0.0246. The number of nitro benzene ring substituents is 1. The number of ether oxygens (including phenoxy) is 2. The Labute approximate surface area is 227 Å². The minimum Gasteiger partial charge on any atom is -0.497 e. The zero-order chi connectivity index (χ0) is 27.3. The van der Waals surface area contributed by atoms with Gasteiger partial charge >= 0.3 is 0 Å². The number of non-ortho nitro benzene ring substituents is 1. The van der Waals surface area contributed by atoms with Crippen LogP contribution in [-0.2, 0) is 6.42 Å². The van der Waals surface area contributed by atoms with Gasteiger partial charge in [-0.1, -0.05) is 23.7 Å². The van der Waals surface area contributed by atoms with Crippen molar-refractivity contribution in [3.8, 4) is 17.2 Å². The molecule has 0 atom stereocenters. The molecule has 0 heterocycles. The molecule has 3 aromatic rings. The fourth-order valence-corrected chi connectivity index (χ4v) is 5.12. The number of amides is 1. The first kappa shape index (κ1) is 27.4. The van der Waals surface area contributed by atoms with Crippen LogP contribution >= 0.6 is 11.6 Å². The Hall–Kier alpha value is -3.62. The number of carbonyl (C=O) groups is 1. The molecule has 0 aromatic heterocycles. The van der Waals surface area contributed by atoms with Crippen LogP contribution in [0.1, 0.15) is 41.6 Å². The molecule has 0 unspecified atom stereocenters. The number of halogens is 1. The summed E-state index contributed by atoms with van der Waals surface area (Å²) in [4.78, 5) is 26.5. The molecular formula is C29H32ClN3O5. The van der Waals surface area contributed by atoms with Crippen LogP contribution in [0.5, 0.6) is 17.2 Å². The highest BCUT2D eigenvalue weighted by molar-refractivity contribution is 6.30. The predicted octanol–water partition coefficient (Wildman–Crippen LogP) is 6.26. The van der Waals surface area contributed by atoms with E-state index in [0.717, 1.165) is 37.1 Å². The summed E-state index contributed by atoms with van der Waals surface area (Å²) in [6.07, 6.45) is 4.28. The van der Waals surface area contributed by atoms with Crippen molar-refractivity contribution in [1.82, 2.24) is 10.2 Å². The average Bonchev–Trinajstić information content (AvgIpc) is 2.91. The topological polar surface area (TPSA) is 93.9 Å². The average molecular weight is 538 g/mol. The van der Waals surface area contributed by atoms with Gasteiger partial charge in [0.1, 0.15) is 17.2 Å². The molecule has 0 radical (unpaired) electrons. The second-order valence-electron chi connectivity index (χ2n) is 9.88. The molecule has 9 heteroatoms. The van der Waals surface area contributed by atoms with Crippen LogP contribution < -0.4 is 14.8 Å². The molecule has 1 fully saturated rings. The standard InChI is InChI=1S/C29H32ClN3O5/c1-32(2)29(19-20-4-6-21(30)7-5-20)16-14-22(15-17-29)31-28(34)26-18-23(33(35)36)8-13-27(26)38-25-11-9-24(37-3)10-12-25/h4-13,18,22H,14-17,19H2,1-3H3,(H,31,34). The Morgan fingerprint density at radius 2 is 1.68 bits per heavy atom. The maximum Gasteiger partial charge on any atom is 0.270 e. The Balaban J connectivity index is 1.47. The van der Waals surface area contributed by atoms with Crippen molar-refractivity contribution >= 4 is 23.2 Å². The van der Waals surface area contributed by atoms with Crippen molar-refractivity contribution in [2.45, 2.75) is 43.7 Å². The summed E-state index contributed by atoms with van der Waals surface area (Å²) in [6, 6.07) is 18.9. The number of rotatable bonds is 9. The third-order valence-electron chi connectivity index (χ3n) is 7.35. The van der Waals surface area contributed by atoms with Crippen molar-refractivity contribution in [3.63, 3.8) is 0 Å². The molecule has 1 saturated carbocycles. The molecule has 0 saturated heterocycles. The van der Waals surface area contributed by atoms with Crippen molar-refractivity contribution in [1.29, 1.82) is 0 Å². The molecule has 0 aliphatic heterocycles. The number of nitro groups is 1. The van der Waals surface area contributed by atoms with Gasteiger partial charge in [-0.15, -0.1) is 0 Å². The summed E-state index contributed by atoms with van der Waals surface area (Å²) in [5, 5.41) is 15.2. The van der Waals surface area contributed by atoms with E-state index in [-0.39, 0.29) is 28.6 Å². The molecule has 1 aliphatic carbocycles. The van der Waals surface area contributed by atoms with Gasteiger partial charge in [0.2, 0.25) is 0 Å². The molecule has 4 rings (SSSR count). The lowest BCUT2D eigenvalue weighted by Gasteiger charge is -2.45. The van der Waals surface area contributed by atoms with E-state index in [1.54, 1.807) is 31.4 Å². The minimum atomic E-state index is -0.517. The molecule has 0 bridgehead atoms. The molecule has 1 aliphatic rings. The maximum atomic E-state index is 13.4. The zero-order valence-corrected chi connectivity index (χ0v) is 22.5. The van der Waals surface area contributed by atoms with Gasteiger partial charge in [0, 0.05) is 28.7 Å². The van der Waals surface area contributed by atoms with E-state index >= 15 is 0 Å². The number of nitrogens with one attached hydrogen (secondary N) is 1. The van der Waals surface area contributed by atoms with Crippen LogP contribution in [0, 0.1) is 10.1 Å². The van der Waals surface area contributed by atoms with Gasteiger partial charge in [-0.25, -0.2) is 0 Å². The fraction of sp³-hybridized carbons (Fsp3) is 0.345. The summed E-state index contributed by atoms with van der Waals surface area (Å²) in [6.45, 7) is 0. The Morgan fingerprint density at radius 3 is 2.26 bits per heavy atom. The molecule has 0 spiro atoms.